The molecule has 4 heteroatoms. The maximum absolute atomic E-state index is 10.3. The summed E-state index contributed by atoms with van der Waals surface area (Å²) in [6.07, 6.45) is 1.95. The molecule has 0 spiro atoms. The van der Waals surface area contributed by atoms with E-state index in [2.05, 4.69) is 33.0 Å². The summed E-state index contributed by atoms with van der Waals surface area (Å²) in [7, 11) is 0. The smallest absolute Gasteiger partial charge is 0.131 e. The summed E-state index contributed by atoms with van der Waals surface area (Å²) in [5, 5.41) is 12.9. The predicted octanol–water partition coefficient (Wildman–Crippen LogP) is 3.86. The molecular weight excluding hydrogens is 298 g/mol. The fourth-order valence-corrected chi connectivity index (χ4v) is 3.21. The van der Waals surface area contributed by atoms with E-state index in [0.29, 0.717) is 5.92 Å². The third-order valence-electron chi connectivity index (χ3n) is 3.00. The fraction of sp³-hybridized carbons (Fsp3) is 0.308. The topological polar surface area (TPSA) is 33.1 Å². The van der Waals surface area contributed by atoms with Gasteiger partial charge < -0.3 is 5.11 Å². The van der Waals surface area contributed by atoms with Gasteiger partial charge in [-0.3, -0.25) is 0 Å². The molecule has 17 heavy (non-hydrogen) atoms. The molecule has 1 heterocycles. The molecule has 1 atom stereocenters. The van der Waals surface area contributed by atoms with Gasteiger partial charge in [-0.15, -0.1) is 11.3 Å². The zero-order chi connectivity index (χ0) is 11.8. The molecule has 1 aromatic heterocycles. The molecule has 2 aromatic rings. The second-order valence-electron chi connectivity index (χ2n) is 4.36. The van der Waals surface area contributed by atoms with E-state index in [9.17, 15) is 5.11 Å². The zero-order valence-electron chi connectivity index (χ0n) is 9.14. The van der Waals surface area contributed by atoms with Gasteiger partial charge in [-0.05, 0) is 45.8 Å². The van der Waals surface area contributed by atoms with Crippen LogP contribution in [0.1, 0.15) is 41.0 Å². The van der Waals surface area contributed by atoms with Crippen LogP contribution in [0.4, 0.5) is 0 Å². The van der Waals surface area contributed by atoms with Crippen molar-refractivity contribution in [2.75, 3.05) is 0 Å². The summed E-state index contributed by atoms with van der Waals surface area (Å²) in [5.74, 6) is 0.713. The van der Waals surface area contributed by atoms with Gasteiger partial charge in [0.05, 0.1) is 0 Å². The van der Waals surface area contributed by atoms with E-state index in [0.717, 1.165) is 15.2 Å². The van der Waals surface area contributed by atoms with Crippen LogP contribution in [-0.4, -0.2) is 10.1 Å². The Hall–Kier alpha value is -0.710. The Bertz CT molecular complexity index is 536. The second kappa shape index (κ2) is 4.52. The van der Waals surface area contributed by atoms with Gasteiger partial charge in [-0.25, -0.2) is 4.98 Å². The molecule has 88 valence electrons. The highest BCUT2D eigenvalue weighted by Crippen LogP contribution is 2.41. The standard InChI is InChI=1S/C13H12BrNOS/c14-11-7-17-13(15-11)12(16)10-3-1-2-9(6-10)8-4-5-8/h1-3,6-8,12,16H,4-5H2. The Morgan fingerprint density at radius 3 is 2.88 bits per heavy atom. The van der Waals surface area contributed by atoms with Crippen molar-refractivity contribution >= 4 is 27.3 Å². The highest BCUT2D eigenvalue weighted by molar-refractivity contribution is 9.10. The van der Waals surface area contributed by atoms with E-state index >= 15 is 0 Å². The maximum atomic E-state index is 10.3. The first-order valence-corrected chi connectivity index (χ1v) is 7.30. The van der Waals surface area contributed by atoms with E-state index in [1.54, 1.807) is 0 Å². The number of benzene rings is 1. The summed E-state index contributed by atoms with van der Waals surface area (Å²) in [5.41, 5.74) is 2.29. The third kappa shape index (κ3) is 2.44. The van der Waals surface area contributed by atoms with Crippen molar-refractivity contribution in [2.24, 2.45) is 0 Å². The van der Waals surface area contributed by atoms with Crippen LogP contribution in [0.5, 0.6) is 0 Å². The molecule has 3 rings (SSSR count). The molecular formula is C13H12BrNOS. The number of halogens is 1. The Morgan fingerprint density at radius 2 is 2.24 bits per heavy atom. The molecule has 2 nitrogen and oxygen atoms in total. The highest BCUT2D eigenvalue weighted by Gasteiger charge is 2.24. The van der Waals surface area contributed by atoms with Gasteiger partial charge in [-0.2, -0.15) is 0 Å². The Morgan fingerprint density at radius 1 is 1.41 bits per heavy atom. The second-order valence-corrected chi connectivity index (χ2v) is 6.06. The molecule has 0 saturated heterocycles. The molecule has 1 N–H and O–H groups in total. The summed E-state index contributed by atoms with van der Waals surface area (Å²) in [4.78, 5) is 4.26. The van der Waals surface area contributed by atoms with Crippen molar-refractivity contribution in [3.05, 3.63) is 50.4 Å². The van der Waals surface area contributed by atoms with Gasteiger partial charge in [0.2, 0.25) is 0 Å². The molecule has 1 unspecified atom stereocenters. The van der Waals surface area contributed by atoms with Crippen molar-refractivity contribution in [3.8, 4) is 0 Å². The number of nitrogens with zero attached hydrogens (tertiary/aromatic N) is 1. The van der Waals surface area contributed by atoms with Crippen LogP contribution >= 0.6 is 27.3 Å². The van der Waals surface area contributed by atoms with Crippen molar-refractivity contribution in [3.63, 3.8) is 0 Å². The van der Waals surface area contributed by atoms with Crippen molar-refractivity contribution in [1.29, 1.82) is 0 Å². The number of aliphatic hydroxyl groups is 1. The number of thiazole rings is 1. The lowest BCUT2D eigenvalue weighted by molar-refractivity contribution is 0.219. The van der Waals surface area contributed by atoms with Crippen LogP contribution in [-0.2, 0) is 0 Å². The molecule has 1 fully saturated rings. The fourth-order valence-electron chi connectivity index (χ4n) is 1.93. The van der Waals surface area contributed by atoms with E-state index < -0.39 is 6.10 Å². The van der Waals surface area contributed by atoms with Crippen LogP contribution in [0, 0.1) is 0 Å². The Kier molecular flexibility index (Phi) is 3.03. The van der Waals surface area contributed by atoms with Crippen molar-refractivity contribution in [1.82, 2.24) is 4.98 Å². The molecule has 0 aliphatic heterocycles. The number of aromatic nitrogens is 1. The molecule has 0 amide bonds. The van der Waals surface area contributed by atoms with Crippen LogP contribution in [0.2, 0.25) is 0 Å². The minimum atomic E-state index is -0.606. The van der Waals surface area contributed by atoms with Crippen LogP contribution in [0.25, 0.3) is 0 Å². The number of aliphatic hydroxyl groups excluding tert-OH is 1. The Balaban J connectivity index is 1.89. The molecule has 0 radical (unpaired) electrons. The van der Waals surface area contributed by atoms with E-state index in [1.165, 1.54) is 29.7 Å². The predicted molar refractivity (Wildman–Crippen MR) is 72.3 cm³/mol. The van der Waals surface area contributed by atoms with Crippen molar-refractivity contribution < 1.29 is 5.11 Å². The van der Waals surface area contributed by atoms with Gasteiger partial charge in [0.25, 0.3) is 0 Å². The minimum absolute atomic E-state index is 0.606. The monoisotopic (exact) mass is 309 g/mol. The Labute approximate surface area is 112 Å². The zero-order valence-corrected chi connectivity index (χ0v) is 11.5. The average Bonchev–Trinajstić information content (AvgIpc) is 3.11. The van der Waals surface area contributed by atoms with Gasteiger partial charge in [0, 0.05) is 5.38 Å². The van der Waals surface area contributed by atoms with E-state index in [1.807, 2.05) is 17.5 Å². The lowest BCUT2D eigenvalue weighted by atomic mass is 10.0. The quantitative estimate of drug-likeness (QED) is 0.933. The summed E-state index contributed by atoms with van der Waals surface area (Å²) < 4.78 is 0.787. The third-order valence-corrected chi connectivity index (χ3v) is 4.61. The number of hydrogen-bond acceptors (Lipinski definition) is 3. The summed E-state index contributed by atoms with van der Waals surface area (Å²) in [6, 6.07) is 8.24. The summed E-state index contributed by atoms with van der Waals surface area (Å²) in [6.45, 7) is 0. The average molecular weight is 310 g/mol. The van der Waals surface area contributed by atoms with Crippen LogP contribution in [0.15, 0.2) is 34.2 Å². The molecule has 1 aliphatic carbocycles. The number of hydrogen-bond donors (Lipinski definition) is 1. The highest BCUT2D eigenvalue weighted by atomic mass is 79.9. The minimum Gasteiger partial charge on any atom is -0.381 e. The first-order valence-electron chi connectivity index (χ1n) is 5.63. The lowest BCUT2D eigenvalue weighted by Gasteiger charge is -2.09. The van der Waals surface area contributed by atoms with Crippen LogP contribution < -0.4 is 0 Å². The van der Waals surface area contributed by atoms with Gasteiger partial charge in [0.15, 0.2) is 0 Å². The van der Waals surface area contributed by atoms with Gasteiger partial charge >= 0.3 is 0 Å². The maximum Gasteiger partial charge on any atom is 0.131 e. The molecule has 1 aromatic carbocycles. The molecule has 0 bridgehead atoms. The van der Waals surface area contributed by atoms with E-state index in [4.69, 9.17) is 0 Å². The molecule has 1 saturated carbocycles. The first-order chi connectivity index (χ1) is 8.24. The first kappa shape index (κ1) is 11.4. The van der Waals surface area contributed by atoms with Crippen molar-refractivity contribution in [2.45, 2.75) is 24.9 Å². The lowest BCUT2D eigenvalue weighted by Crippen LogP contribution is -1.99. The van der Waals surface area contributed by atoms with Gasteiger partial charge in [0.1, 0.15) is 15.7 Å². The SMILES string of the molecule is OC(c1cccc(C2CC2)c1)c1nc(Br)cs1. The number of rotatable bonds is 3. The van der Waals surface area contributed by atoms with Crippen LogP contribution in [0.3, 0.4) is 0 Å². The summed E-state index contributed by atoms with van der Waals surface area (Å²) >= 11 is 4.78. The molecule has 1 aliphatic rings. The van der Waals surface area contributed by atoms with E-state index in [-0.39, 0.29) is 0 Å². The van der Waals surface area contributed by atoms with Gasteiger partial charge in [-0.1, -0.05) is 24.3 Å². The normalized spacial score (nSPS) is 17.1. The largest absolute Gasteiger partial charge is 0.381 e.